The summed E-state index contributed by atoms with van der Waals surface area (Å²) in [6.45, 7) is 5.84. The molecule has 0 saturated carbocycles. The van der Waals surface area contributed by atoms with E-state index in [1.165, 1.54) is 0 Å². The molecule has 3 N–H and O–H groups in total. The summed E-state index contributed by atoms with van der Waals surface area (Å²) in [6.07, 6.45) is 0.688. The average molecular weight is 278 g/mol. The number of carbonyl (C=O) groups is 2. The molecule has 0 heterocycles. The van der Waals surface area contributed by atoms with Gasteiger partial charge < -0.3 is 15.7 Å². The van der Waals surface area contributed by atoms with Crippen molar-refractivity contribution in [2.75, 3.05) is 0 Å². The van der Waals surface area contributed by atoms with Gasteiger partial charge in [-0.25, -0.2) is 9.59 Å². The lowest BCUT2D eigenvalue weighted by molar-refractivity contribution is -0.144. The van der Waals surface area contributed by atoms with Crippen LogP contribution in [0.4, 0.5) is 4.79 Å². The van der Waals surface area contributed by atoms with Crippen LogP contribution in [-0.2, 0) is 11.3 Å². The second-order valence-corrected chi connectivity index (χ2v) is 4.83. The SMILES string of the molecule is CCC(CC)(NC(=O)NCc1ccccc1C)C(=O)O. The first-order valence-corrected chi connectivity index (χ1v) is 6.79. The molecule has 0 aliphatic carbocycles. The van der Waals surface area contributed by atoms with Crippen molar-refractivity contribution in [3.63, 3.8) is 0 Å². The molecule has 0 atom stereocenters. The summed E-state index contributed by atoms with van der Waals surface area (Å²) >= 11 is 0. The molecule has 1 aromatic rings. The fraction of sp³-hybridized carbons (Fsp3) is 0.467. The van der Waals surface area contributed by atoms with Crippen molar-refractivity contribution >= 4 is 12.0 Å². The molecule has 5 nitrogen and oxygen atoms in total. The van der Waals surface area contributed by atoms with Gasteiger partial charge in [-0.3, -0.25) is 0 Å². The number of hydrogen-bond acceptors (Lipinski definition) is 2. The highest BCUT2D eigenvalue weighted by Gasteiger charge is 2.36. The molecule has 0 fully saturated rings. The second kappa shape index (κ2) is 6.93. The minimum Gasteiger partial charge on any atom is -0.480 e. The number of hydrogen-bond donors (Lipinski definition) is 3. The second-order valence-electron chi connectivity index (χ2n) is 4.83. The maximum absolute atomic E-state index is 11.9. The van der Waals surface area contributed by atoms with E-state index in [9.17, 15) is 14.7 Å². The summed E-state index contributed by atoms with van der Waals surface area (Å²) in [5, 5.41) is 14.5. The molecular weight excluding hydrogens is 256 g/mol. The van der Waals surface area contributed by atoms with Gasteiger partial charge in [0.2, 0.25) is 0 Å². The molecule has 5 heteroatoms. The van der Waals surface area contributed by atoms with Gasteiger partial charge in [0.05, 0.1) is 0 Å². The topological polar surface area (TPSA) is 78.4 Å². The smallest absolute Gasteiger partial charge is 0.329 e. The first kappa shape index (κ1) is 16.0. The van der Waals surface area contributed by atoms with Crippen LogP contribution in [0.1, 0.15) is 37.8 Å². The monoisotopic (exact) mass is 278 g/mol. The van der Waals surface area contributed by atoms with Crippen molar-refractivity contribution in [2.45, 2.75) is 45.7 Å². The van der Waals surface area contributed by atoms with Crippen LogP contribution in [0, 0.1) is 6.92 Å². The molecule has 0 saturated heterocycles. The lowest BCUT2D eigenvalue weighted by atomic mass is 9.93. The average Bonchev–Trinajstić information content (AvgIpc) is 2.43. The Balaban J connectivity index is 2.64. The van der Waals surface area contributed by atoms with Crippen LogP contribution in [0.2, 0.25) is 0 Å². The lowest BCUT2D eigenvalue weighted by Gasteiger charge is -2.28. The predicted octanol–water partition coefficient (Wildman–Crippen LogP) is 2.44. The van der Waals surface area contributed by atoms with E-state index in [1.807, 2.05) is 31.2 Å². The van der Waals surface area contributed by atoms with Crippen molar-refractivity contribution in [1.82, 2.24) is 10.6 Å². The van der Waals surface area contributed by atoms with Crippen molar-refractivity contribution in [2.24, 2.45) is 0 Å². The zero-order chi connectivity index (χ0) is 15.2. The fourth-order valence-corrected chi connectivity index (χ4v) is 2.03. The summed E-state index contributed by atoms with van der Waals surface area (Å²) in [5.41, 5.74) is 0.898. The molecule has 1 rings (SSSR count). The number of carbonyl (C=O) groups excluding carboxylic acids is 1. The van der Waals surface area contributed by atoms with E-state index < -0.39 is 17.5 Å². The largest absolute Gasteiger partial charge is 0.480 e. The third-order valence-electron chi connectivity index (χ3n) is 3.67. The van der Waals surface area contributed by atoms with E-state index in [-0.39, 0.29) is 0 Å². The summed E-state index contributed by atoms with van der Waals surface area (Å²) in [5.74, 6) is -1.01. The number of urea groups is 1. The van der Waals surface area contributed by atoms with E-state index in [0.717, 1.165) is 11.1 Å². The number of aryl methyl sites for hydroxylation is 1. The van der Waals surface area contributed by atoms with Gasteiger partial charge >= 0.3 is 12.0 Å². The van der Waals surface area contributed by atoms with Gasteiger partial charge in [-0.2, -0.15) is 0 Å². The quantitative estimate of drug-likeness (QED) is 0.748. The van der Waals surface area contributed by atoms with E-state index in [4.69, 9.17) is 0 Å². The van der Waals surface area contributed by atoms with Crippen LogP contribution in [0.3, 0.4) is 0 Å². The first-order chi connectivity index (χ1) is 9.45. The van der Waals surface area contributed by atoms with E-state index >= 15 is 0 Å². The maximum atomic E-state index is 11.9. The van der Waals surface area contributed by atoms with Crippen LogP contribution in [-0.4, -0.2) is 22.6 Å². The molecule has 0 radical (unpaired) electrons. The molecule has 110 valence electrons. The standard InChI is InChI=1S/C15H22N2O3/c1-4-15(5-2,13(18)19)17-14(20)16-10-12-9-7-6-8-11(12)3/h6-9H,4-5,10H2,1-3H3,(H,18,19)(H2,16,17,20). The van der Waals surface area contributed by atoms with Gasteiger partial charge in [0.15, 0.2) is 0 Å². The van der Waals surface area contributed by atoms with Crippen LogP contribution in [0.5, 0.6) is 0 Å². The van der Waals surface area contributed by atoms with Gasteiger partial charge in [0, 0.05) is 6.54 Å². The van der Waals surface area contributed by atoms with Crippen molar-refractivity contribution in [1.29, 1.82) is 0 Å². The maximum Gasteiger partial charge on any atom is 0.329 e. The third kappa shape index (κ3) is 3.73. The molecule has 20 heavy (non-hydrogen) atoms. The Bertz CT molecular complexity index is 482. The molecule has 0 spiro atoms. The van der Waals surface area contributed by atoms with Gasteiger partial charge in [0.25, 0.3) is 0 Å². The number of amides is 2. The van der Waals surface area contributed by atoms with Gasteiger partial charge in [-0.1, -0.05) is 38.1 Å². The molecule has 0 aliphatic rings. The minimum atomic E-state index is -1.20. The summed E-state index contributed by atoms with van der Waals surface area (Å²) in [7, 11) is 0. The molecule has 0 bridgehead atoms. The Morgan fingerprint density at radius 3 is 2.30 bits per heavy atom. The highest BCUT2D eigenvalue weighted by molar-refractivity contribution is 5.86. The van der Waals surface area contributed by atoms with Crippen LogP contribution in [0.15, 0.2) is 24.3 Å². The molecule has 2 amide bonds. The molecule has 0 unspecified atom stereocenters. The predicted molar refractivity (Wildman–Crippen MR) is 77.5 cm³/mol. The number of nitrogens with one attached hydrogen (secondary N) is 2. The van der Waals surface area contributed by atoms with Crippen LogP contribution >= 0.6 is 0 Å². The first-order valence-electron chi connectivity index (χ1n) is 6.79. The number of aliphatic carboxylic acids is 1. The molecular formula is C15H22N2O3. The number of carboxylic acid groups (broad SMARTS) is 1. The number of benzene rings is 1. The normalized spacial score (nSPS) is 10.9. The van der Waals surface area contributed by atoms with Gasteiger partial charge in [-0.15, -0.1) is 0 Å². The Hall–Kier alpha value is -2.04. The summed E-state index contributed by atoms with van der Waals surface area (Å²) < 4.78 is 0. The third-order valence-corrected chi connectivity index (χ3v) is 3.67. The van der Waals surface area contributed by atoms with E-state index in [2.05, 4.69) is 10.6 Å². The van der Waals surface area contributed by atoms with Gasteiger partial charge in [0.1, 0.15) is 5.54 Å². The Morgan fingerprint density at radius 2 is 1.80 bits per heavy atom. The van der Waals surface area contributed by atoms with Crippen molar-refractivity contribution in [3.8, 4) is 0 Å². The van der Waals surface area contributed by atoms with Gasteiger partial charge in [-0.05, 0) is 30.9 Å². The summed E-state index contributed by atoms with van der Waals surface area (Å²) in [6, 6.07) is 7.28. The van der Waals surface area contributed by atoms with Crippen molar-refractivity contribution in [3.05, 3.63) is 35.4 Å². The molecule has 0 aliphatic heterocycles. The highest BCUT2D eigenvalue weighted by Crippen LogP contribution is 2.15. The summed E-state index contributed by atoms with van der Waals surface area (Å²) in [4.78, 5) is 23.2. The molecule has 0 aromatic heterocycles. The highest BCUT2D eigenvalue weighted by atomic mass is 16.4. The Kier molecular flexibility index (Phi) is 5.55. The van der Waals surface area contributed by atoms with Crippen LogP contribution in [0.25, 0.3) is 0 Å². The minimum absolute atomic E-state index is 0.344. The van der Waals surface area contributed by atoms with E-state index in [0.29, 0.717) is 19.4 Å². The fourth-order valence-electron chi connectivity index (χ4n) is 2.03. The lowest BCUT2D eigenvalue weighted by Crippen LogP contribution is -2.56. The zero-order valence-corrected chi connectivity index (χ0v) is 12.2. The van der Waals surface area contributed by atoms with Crippen LogP contribution < -0.4 is 10.6 Å². The van der Waals surface area contributed by atoms with Crippen molar-refractivity contribution < 1.29 is 14.7 Å². The number of carboxylic acids is 1. The zero-order valence-electron chi connectivity index (χ0n) is 12.2. The molecule has 1 aromatic carbocycles. The number of rotatable bonds is 6. The van der Waals surface area contributed by atoms with E-state index in [1.54, 1.807) is 13.8 Å². The Labute approximate surface area is 119 Å². The Morgan fingerprint density at radius 1 is 1.20 bits per heavy atom.